The van der Waals surface area contributed by atoms with Crippen LogP contribution in [0.4, 0.5) is 0 Å². The zero-order valence-corrected chi connectivity index (χ0v) is 7.58. The summed E-state index contributed by atoms with van der Waals surface area (Å²) in [5.74, 6) is 1.72. The van der Waals surface area contributed by atoms with Crippen LogP contribution in [0.15, 0.2) is 4.42 Å². The number of hydrogen-bond donors (Lipinski definition) is 1. The molecule has 1 aromatic rings. The van der Waals surface area contributed by atoms with Gasteiger partial charge in [0.15, 0.2) is 0 Å². The third kappa shape index (κ3) is 2.30. The molecule has 0 saturated heterocycles. The zero-order chi connectivity index (χ0) is 8.97. The lowest BCUT2D eigenvalue weighted by Crippen LogP contribution is -2.00. The molecule has 0 spiro atoms. The number of rotatable bonds is 4. The van der Waals surface area contributed by atoms with Gasteiger partial charge < -0.3 is 10.2 Å². The van der Waals surface area contributed by atoms with Gasteiger partial charge in [0.1, 0.15) is 0 Å². The minimum absolute atomic E-state index is 0.309. The van der Waals surface area contributed by atoms with Crippen molar-refractivity contribution in [1.29, 1.82) is 0 Å². The van der Waals surface area contributed by atoms with E-state index in [9.17, 15) is 0 Å². The summed E-state index contributed by atoms with van der Waals surface area (Å²) in [6.45, 7) is 4.72. The molecule has 1 rings (SSSR count). The average molecular weight is 169 g/mol. The Morgan fingerprint density at radius 2 is 2.17 bits per heavy atom. The molecule has 0 fully saturated rings. The molecule has 0 radical (unpaired) electrons. The molecule has 0 aliphatic heterocycles. The molecular weight excluding hydrogens is 154 g/mol. The predicted octanol–water partition coefficient (Wildman–Crippen LogP) is 1.08. The van der Waals surface area contributed by atoms with Gasteiger partial charge >= 0.3 is 0 Å². The largest absolute Gasteiger partial charge is 0.425 e. The summed E-state index contributed by atoms with van der Waals surface area (Å²) in [6.07, 6.45) is 1.69. The third-order valence-corrected chi connectivity index (χ3v) is 1.57. The van der Waals surface area contributed by atoms with Gasteiger partial charge in [0.2, 0.25) is 11.8 Å². The molecule has 2 N–H and O–H groups in total. The quantitative estimate of drug-likeness (QED) is 0.732. The van der Waals surface area contributed by atoms with E-state index in [1.54, 1.807) is 0 Å². The average Bonchev–Trinajstić information content (AvgIpc) is 2.48. The number of nitrogens with zero attached hydrogens (tertiary/aromatic N) is 2. The van der Waals surface area contributed by atoms with E-state index in [0.717, 1.165) is 12.8 Å². The standard InChI is InChI=1S/C8H15N3O/c1-6(2)8-11-10-7(12-8)4-3-5-9/h6H,3-5,9H2,1-2H3. The van der Waals surface area contributed by atoms with Crippen molar-refractivity contribution in [3.63, 3.8) is 0 Å². The van der Waals surface area contributed by atoms with Crippen LogP contribution in [0.1, 0.15) is 38.0 Å². The molecule has 0 aliphatic rings. The van der Waals surface area contributed by atoms with Crippen molar-refractivity contribution in [3.8, 4) is 0 Å². The summed E-state index contributed by atoms with van der Waals surface area (Å²) in [4.78, 5) is 0. The van der Waals surface area contributed by atoms with E-state index in [0.29, 0.717) is 24.2 Å². The first-order chi connectivity index (χ1) is 5.74. The highest BCUT2D eigenvalue weighted by molar-refractivity contribution is 4.87. The first kappa shape index (κ1) is 9.19. The third-order valence-electron chi connectivity index (χ3n) is 1.57. The lowest BCUT2D eigenvalue weighted by Gasteiger charge is -1.94. The topological polar surface area (TPSA) is 64.9 Å². The van der Waals surface area contributed by atoms with Crippen LogP contribution in [0.3, 0.4) is 0 Å². The Morgan fingerprint density at radius 1 is 1.42 bits per heavy atom. The van der Waals surface area contributed by atoms with E-state index in [-0.39, 0.29) is 0 Å². The molecule has 1 aromatic heterocycles. The number of nitrogens with two attached hydrogens (primary N) is 1. The van der Waals surface area contributed by atoms with Gasteiger partial charge in [-0.25, -0.2) is 0 Å². The summed E-state index contributed by atoms with van der Waals surface area (Å²) in [6, 6.07) is 0. The molecule has 0 unspecified atom stereocenters. The Labute approximate surface area is 72.2 Å². The van der Waals surface area contributed by atoms with Crippen molar-refractivity contribution in [2.24, 2.45) is 5.73 Å². The molecule has 0 saturated carbocycles. The Bertz CT molecular complexity index is 232. The predicted molar refractivity (Wildman–Crippen MR) is 45.8 cm³/mol. The van der Waals surface area contributed by atoms with Crippen molar-refractivity contribution >= 4 is 0 Å². The lowest BCUT2D eigenvalue weighted by molar-refractivity contribution is 0.429. The molecule has 0 atom stereocenters. The molecular formula is C8H15N3O. The minimum Gasteiger partial charge on any atom is -0.425 e. The zero-order valence-electron chi connectivity index (χ0n) is 7.58. The fourth-order valence-electron chi connectivity index (χ4n) is 0.854. The van der Waals surface area contributed by atoms with Gasteiger partial charge in [-0.15, -0.1) is 10.2 Å². The fourth-order valence-corrected chi connectivity index (χ4v) is 0.854. The second-order valence-electron chi connectivity index (χ2n) is 3.08. The molecule has 1 heterocycles. The molecule has 4 heteroatoms. The Kier molecular flexibility index (Phi) is 3.22. The van der Waals surface area contributed by atoms with E-state index in [1.165, 1.54) is 0 Å². The van der Waals surface area contributed by atoms with E-state index in [1.807, 2.05) is 13.8 Å². The van der Waals surface area contributed by atoms with Crippen LogP contribution in [0.2, 0.25) is 0 Å². The maximum atomic E-state index is 5.37. The van der Waals surface area contributed by atoms with Crippen LogP contribution in [-0.2, 0) is 6.42 Å². The van der Waals surface area contributed by atoms with Crippen molar-refractivity contribution in [3.05, 3.63) is 11.8 Å². The van der Waals surface area contributed by atoms with Gasteiger partial charge in [-0.1, -0.05) is 13.8 Å². The summed E-state index contributed by atoms with van der Waals surface area (Å²) < 4.78 is 5.37. The number of aryl methyl sites for hydroxylation is 1. The van der Waals surface area contributed by atoms with Gasteiger partial charge in [0.05, 0.1) is 0 Å². The molecule has 0 bridgehead atoms. The van der Waals surface area contributed by atoms with Crippen LogP contribution in [-0.4, -0.2) is 16.7 Å². The maximum absolute atomic E-state index is 5.37. The van der Waals surface area contributed by atoms with Crippen molar-refractivity contribution in [2.75, 3.05) is 6.54 Å². The highest BCUT2D eigenvalue weighted by Crippen LogP contribution is 2.12. The van der Waals surface area contributed by atoms with Gasteiger partial charge in [-0.05, 0) is 13.0 Å². The second-order valence-corrected chi connectivity index (χ2v) is 3.08. The number of hydrogen-bond acceptors (Lipinski definition) is 4. The summed E-state index contributed by atoms with van der Waals surface area (Å²) in [5.41, 5.74) is 5.35. The van der Waals surface area contributed by atoms with E-state index >= 15 is 0 Å². The SMILES string of the molecule is CC(C)c1nnc(CCCN)o1. The Hall–Kier alpha value is -0.900. The van der Waals surface area contributed by atoms with Gasteiger partial charge in [0, 0.05) is 12.3 Å². The van der Waals surface area contributed by atoms with Crippen LogP contribution in [0.25, 0.3) is 0 Å². The molecule has 0 aliphatic carbocycles. The van der Waals surface area contributed by atoms with Crippen molar-refractivity contribution in [2.45, 2.75) is 32.6 Å². The summed E-state index contributed by atoms with van der Waals surface area (Å²) >= 11 is 0. The van der Waals surface area contributed by atoms with Gasteiger partial charge in [-0.3, -0.25) is 0 Å². The highest BCUT2D eigenvalue weighted by atomic mass is 16.4. The van der Waals surface area contributed by atoms with Crippen LogP contribution >= 0.6 is 0 Å². The summed E-state index contributed by atoms with van der Waals surface area (Å²) in [5, 5.41) is 7.81. The van der Waals surface area contributed by atoms with Crippen LogP contribution in [0, 0.1) is 0 Å². The van der Waals surface area contributed by atoms with Crippen molar-refractivity contribution in [1.82, 2.24) is 10.2 Å². The van der Waals surface area contributed by atoms with Crippen molar-refractivity contribution < 1.29 is 4.42 Å². The maximum Gasteiger partial charge on any atom is 0.219 e. The fraction of sp³-hybridized carbons (Fsp3) is 0.750. The Balaban J connectivity index is 2.52. The van der Waals surface area contributed by atoms with E-state index < -0.39 is 0 Å². The highest BCUT2D eigenvalue weighted by Gasteiger charge is 2.08. The lowest BCUT2D eigenvalue weighted by atomic mass is 10.2. The molecule has 0 aromatic carbocycles. The smallest absolute Gasteiger partial charge is 0.219 e. The number of aromatic nitrogens is 2. The van der Waals surface area contributed by atoms with Gasteiger partial charge in [-0.2, -0.15) is 0 Å². The van der Waals surface area contributed by atoms with Crippen LogP contribution < -0.4 is 5.73 Å². The van der Waals surface area contributed by atoms with Crippen LogP contribution in [0.5, 0.6) is 0 Å². The monoisotopic (exact) mass is 169 g/mol. The molecule has 68 valence electrons. The second kappa shape index (κ2) is 4.21. The minimum atomic E-state index is 0.309. The first-order valence-electron chi connectivity index (χ1n) is 4.26. The van der Waals surface area contributed by atoms with E-state index in [4.69, 9.17) is 10.2 Å². The summed E-state index contributed by atoms with van der Waals surface area (Å²) in [7, 11) is 0. The molecule has 4 nitrogen and oxygen atoms in total. The molecule has 12 heavy (non-hydrogen) atoms. The van der Waals surface area contributed by atoms with E-state index in [2.05, 4.69) is 10.2 Å². The Morgan fingerprint density at radius 3 is 2.67 bits per heavy atom. The van der Waals surface area contributed by atoms with Gasteiger partial charge in [0.25, 0.3) is 0 Å². The molecule has 0 amide bonds. The normalized spacial score (nSPS) is 11.0. The first-order valence-corrected chi connectivity index (χ1v) is 4.26.